The van der Waals surface area contributed by atoms with Crippen molar-refractivity contribution in [2.24, 2.45) is 5.41 Å². The van der Waals surface area contributed by atoms with Crippen LogP contribution >= 0.6 is 11.6 Å². The van der Waals surface area contributed by atoms with Crippen molar-refractivity contribution in [3.05, 3.63) is 29.0 Å². The second kappa shape index (κ2) is 5.58. The quantitative estimate of drug-likeness (QED) is 0.765. The minimum absolute atomic E-state index is 0.533. The maximum absolute atomic E-state index is 5.92. The van der Waals surface area contributed by atoms with Crippen molar-refractivity contribution in [2.75, 3.05) is 7.05 Å². The van der Waals surface area contributed by atoms with Crippen LogP contribution in [0.15, 0.2) is 18.2 Å². The van der Waals surface area contributed by atoms with Gasteiger partial charge in [-0.25, -0.2) is 4.98 Å². The monoisotopic (exact) mass is 266 g/mol. The van der Waals surface area contributed by atoms with Crippen molar-refractivity contribution >= 4 is 11.6 Å². The maximum Gasteiger partial charge on any atom is 0.129 e. The Balaban J connectivity index is 1.91. The van der Waals surface area contributed by atoms with Crippen LogP contribution in [0.25, 0.3) is 0 Å². The molecule has 0 atom stereocenters. The molecule has 0 unspecified atom stereocenters. The molecule has 1 aromatic heterocycles. The van der Waals surface area contributed by atoms with Crippen molar-refractivity contribution in [2.45, 2.75) is 52.1 Å². The van der Waals surface area contributed by atoms with Gasteiger partial charge in [0.25, 0.3) is 0 Å². The van der Waals surface area contributed by atoms with Crippen LogP contribution in [0.3, 0.4) is 0 Å². The molecule has 2 nitrogen and oxygen atoms in total. The molecule has 0 aliphatic heterocycles. The Labute approximate surface area is 115 Å². The first-order chi connectivity index (χ1) is 8.46. The van der Waals surface area contributed by atoms with Crippen LogP contribution in [0.2, 0.25) is 5.15 Å². The summed E-state index contributed by atoms with van der Waals surface area (Å²) in [6.07, 6.45) is 5.24. The number of halogens is 1. The smallest absolute Gasteiger partial charge is 0.129 e. The van der Waals surface area contributed by atoms with Gasteiger partial charge in [-0.1, -0.05) is 31.5 Å². The molecule has 3 heteroatoms. The number of aromatic nitrogens is 1. The van der Waals surface area contributed by atoms with Crippen molar-refractivity contribution in [1.29, 1.82) is 0 Å². The first kappa shape index (κ1) is 13.8. The van der Waals surface area contributed by atoms with E-state index in [1.54, 1.807) is 0 Å². The van der Waals surface area contributed by atoms with E-state index in [0.29, 0.717) is 16.6 Å². The zero-order valence-electron chi connectivity index (χ0n) is 11.6. The first-order valence-electron chi connectivity index (χ1n) is 6.78. The standard InChI is InChI=1S/C15H23ClN2/c1-15(2)9-7-13(8-10-15)18(3)11-12-5-4-6-14(16)17-12/h4-6,13H,7-11H2,1-3H3. The number of hydrogen-bond donors (Lipinski definition) is 0. The van der Waals surface area contributed by atoms with Crippen LogP contribution in [0.1, 0.15) is 45.2 Å². The van der Waals surface area contributed by atoms with Gasteiger partial charge in [0.15, 0.2) is 0 Å². The molecule has 0 aromatic carbocycles. The summed E-state index contributed by atoms with van der Waals surface area (Å²) in [6, 6.07) is 6.55. The molecule has 1 aromatic rings. The highest BCUT2D eigenvalue weighted by molar-refractivity contribution is 6.29. The number of rotatable bonds is 3. The molecule has 1 saturated carbocycles. The first-order valence-corrected chi connectivity index (χ1v) is 7.16. The van der Waals surface area contributed by atoms with Crippen LogP contribution in [0.4, 0.5) is 0 Å². The molecule has 0 N–H and O–H groups in total. The van der Waals surface area contributed by atoms with E-state index in [4.69, 9.17) is 11.6 Å². The Morgan fingerprint density at radius 3 is 2.61 bits per heavy atom. The summed E-state index contributed by atoms with van der Waals surface area (Å²) in [5.41, 5.74) is 1.60. The molecule has 0 bridgehead atoms. The normalized spacial score (nSPS) is 20.3. The third kappa shape index (κ3) is 3.69. The topological polar surface area (TPSA) is 16.1 Å². The van der Waals surface area contributed by atoms with Crippen molar-refractivity contribution < 1.29 is 0 Å². The Kier molecular flexibility index (Phi) is 4.29. The lowest BCUT2D eigenvalue weighted by Crippen LogP contribution is -2.36. The fourth-order valence-corrected chi connectivity index (χ4v) is 2.93. The summed E-state index contributed by atoms with van der Waals surface area (Å²) in [7, 11) is 2.20. The van der Waals surface area contributed by atoms with Crippen LogP contribution in [-0.2, 0) is 6.54 Å². The van der Waals surface area contributed by atoms with Gasteiger partial charge in [-0.3, -0.25) is 4.90 Å². The average Bonchev–Trinajstić information content (AvgIpc) is 2.28. The van der Waals surface area contributed by atoms with Crippen LogP contribution < -0.4 is 0 Å². The maximum atomic E-state index is 5.92. The highest BCUT2D eigenvalue weighted by Gasteiger charge is 2.28. The Morgan fingerprint density at radius 2 is 2.00 bits per heavy atom. The summed E-state index contributed by atoms with van der Waals surface area (Å²) in [4.78, 5) is 6.78. The van der Waals surface area contributed by atoms with Gasteiger partial charge >= 0.3 is 0 Å². The molecular formula is C15H23ClN2. The second-order valence-corrected chi connectivity index (χ2v) is 6.65. The van der Waals surface area contributed by atoms with Gasteiger partial charge in [0, 0.05) is 12.6 Å². The fraction of sp³-hybridized carbons (Fsp3) is 0.667. The predicted molar refractivity (Wildman–Crippen MR) is 76.8 cm³/mol. The lowest BCUT2D eigenvalue weighted by Gasteiger charge is -2.38. The lowest BCUT2D eigenvalue weighted by atomic mass is 9.75. The minimum atomic E-state index is 0.533. The molecule has 1 fully saturated rings. The van der Waals surface area contributed by atoms with Crippen LogP contribution in [-0.4, -0.2) is 23.0 Å². The third-order valence-corrected chi connectivity index (χ3v) is 4.33. The summed E-state index contributed by atoms with van der Waals surface area (Å²) in [6.45, 7) is 5.65. The summed E-state index contributed by atoms with van der Waals surface area (Å²) in [5, 5.41) is 0.589. The lowest BCUT2D eigenvalue weighted by molar-refractivity contribution is 0.122. The summed E-state index contributed by atoms with van der Waals surface area (Å²) >= 11 is 5.92. The largest absolute Gasteiger partial charge is 0.298 e. The Bertz CT molecular complexity index is 393. The molecule has 2 rings (SSSR count). The number of pyridine rings is 1. The highest BCUT2D eigenvalue weighted by atomic mass is 35.5. The van der Waals surface area contributed by atoms with E-state index in [1.165, 1.54) is 25.7 Å². The molecule has 0 radical (unpaired) electrons. The van der Waals surface area contributed by atoms with E-state index in [0.717, 1.165) is 12.2 Å². The minimum Gasteiger partial charge on any atom is -0.298 e. The molecule has 1 aliphatic rings. The van der Waals surface area contributed by atoms with Crippen molar-refractivity contribution in [1.82, 2.24) is 9.88 Å². The Morgan fingerprint density at radius 1 is 1.33 bits per heavy atom. The molecule has 1 aliphatic carbocycles. The highest BCUT2D eigenvalue weighted by Crippen LogP contribution is 2.36. The van der Waals surface area contributed by atoms with E-state index < -0.39 is 0 Å². The zero-order valence-corrected chi connectivity index (χ0v) is 12.4. The second-order valence-electron chi connectivity index (χ2n) is 6.26. The van der Waals surface area contributed by atoms with E-state index >= 15 is 0 Å². The van der Waals surface area contributed by atoms with Crippen LogP contribution in [0, 0.1) is 5.41 Å². The molecule has 0 spiro atoms. The molecule has 0 amide bonds. The average molecular weight is 267 g/mol. The number of hydrogen-bond acceptors (Lipinski definition) is 2. The SMILES string of the molecule is CN(Cc1cccc(Cl)n1)C1CCC(C)(C)CC1. The van der Waals surface area contributed by atoms with Gasteiger partial charge < -0.3 is 0 Å². The zero-order chi connectivity index (χ0) is 13.2. The van der Waals surface area contributed by atoms with E-state index in [-0.39, 0.29) is 0 Å². The van der Waals surface area contributed by atoms with Gasteiger partial charge in [0.05, 0.1) is 5.69 Å². The summed E-state index contributed by atoms with van der Waals surface area (Å²) < 4.78 is 0. The van der Waals surface area contributed by atoms with E-state index in [9.17, 15) is 0 Å². The van der Waals surface area contributed by atoms with Crippen LogP contribution in [0.5, 0.6) is 0 Å². The number of nitrogens with zero attached hydrogens (tertiary/aromatic N) is 2. The predicted octanol–water partition coefficient (Wildman–Crippen LogP) is 4.14. The van der Waals surface area contributed by atoms with Crippen molar-refractivity contribution in [3.63, 3.8) is 0 Å². The molecule has 100 valence electrons. The Hall–Kier alpha value is -0.600. The summed E-state index contributed by atoms with van der Waals surface area (Å²) in [5.74, 6) is 0. The van der Waals surface area contributed by atoms with E-state index in [1.807, 2.05) is 12.1 Å². The van der Waals surface area contributed by atoms with Gasteiger partial charge in [0.2, 0.25) is 0 Å². The van der Waals surface area contributed by atoms with E-state index in [2.05, 4.69) is 36.8 Å². The molecule has 18 heavy (non-hydrogen) atoms. The fourth-order valence-electron chi connectivity index (χ4n) is 2.75. The molecule has 1 heterocycles. The third-order valence-electron chi connectivity index (χ3n) is 4.12. The van der Waals surface area contributed by atoms with Gasteiger partial charge in [0.1, 0.15) is 5.15 Å². The van der Waals surface area contributed by atoms with Crippen molar-refractivity contribution in [3.8, 4) is 0 Å². The molecule has 0 saturated heterocycles. The molecular weight excluding hydrogens is 244 g/mol. The van der Waals surface area contributed by atoms with Gasteiger partial charge in [-0.05, 0) is 50.3 Å². The van der Waals surface area contributed by atoms with Gasteiger partial charge in [-0.2, -0.15) is 0 Å². The van der Waals surface area contributed by atoms with Gasteiger partial charge in [-0.15, -0.1) is 0 Å².